The molecule has 0 saturated heterocycles. The first-order valence-electron chi connectivity index (χ1n) is 11.7. The third-order valence-electron chi connectivity index (χ3n) is 6.38. The van der Waals surface area contributed by atoms with E-state index in [-0.39, 0.29) is 28.2 Å². The number of amides is 3. The minimum absolute atomic E-state index is 0.0568. The minimum Gasteiger partial charge on any atom is -0.497 e. The monoisotopic (exact) mass is 507 g/mol. The first-order valence-corrected chi connectivity index (χ1v) is 12.5. The van der Waals surface area contributed by atoms with Crippen LogP contribution in [0.25, 0.3) is 0 Å². The highest BCUT2D eigenvalue weighted by Gasteiger charge is 2.39. The van der Waals surface area contributed by atoms with Gasteiger partial charge in [-0.2, -0.15) is 4.37 Å². The Morgan fingerprint density at radius 2 is 1.78 bits per heavy atom. The lowest BCUT2D eigenvalue weighted by atomic mass is 10.00. The van der Waals surface area contributed by atoms with Gasteiger partial charge in [-0.05, 0) is 47.6 Å². The van der Waals surface area contributed by atoms with Crippen LogP contribution in [-0.2, 0) is 11.3 Å². The van der Waals surface area contributed by atoms with Crippen molar-refractivity contribution in [3.8, 4) is 5.75 Å². The summed E-state index contributed by atoms with van der Waals surface area (Å²) in [4.78, 5) is 41.1. The SMILES string of the molecule is COc1ccc([C@H](C(=O)NCc2ccccc2)N(C(=O)c2snc(C(N)=O)c2N)C2CCCC2)cc1. The molecule has 1 aromatic heterocycles. The summed E-state index contributed by atoms with van der Waals surface area (Å²) in [7, 11) is 1.57. The summed E-state index contributed by atoms with van der Waals surface area (Å²) < 4.78 is 9.28. The second kappa shape index (κ2) is 11.2. The van der Waals surface area contributed by atoms with Crippen LogP contribution in [0.4, 0.5) is 5.69 Å². The van der Waals surface area contributed by atoms with E-state index < -0.39 is 17.9 Å². The highest BCUT2D eigenvalue weighted by atomic mass is 32.1. The Morgan fingerprint density at radius 1 is 1.11 bits per heavy atom. The zero-order valence-corrected chi connectivity index (χ0v) is 20.8. The van der Waals surface area contributed by atoms with E-state index in [1.165, 1.54) is 0 Å². The molecular weight excluding hydrogens is 478 g/mol. The second-order valence-corrected chi connectivity index (χ2v) is 9.44. The number of benzene rings is 2. The van der Waals surface area contributed by atoms with Crippen molar-refractivity contribution < 1.29 is 19.1 Å². The van der Waals surface area contributed by atoms with Gasteiger partial charge in [-0.25, -0.2) is 0 Å². The molecule has 0 aliphatic heterocycles. The number of anilines is 1. The fraction of sp³-hybridized carbons (Fsp3) is 0.308. The molecule has 4 rings (SSSR count). The summed E-state index contributed by atoms with van der Waals surface area (Å²) in [6, 6.07) is 15.5. The van der Waals surface area contributed by atoms with Gasteiger partial charge < -0.3 is 26.4 Å². The molecule has 0 unspecified atom stereocenters. The maximum atomic E-state index is 14.0. The molecule has 1 aliphatic rings. The zero-order chi connectivity index (χ0) is 25.7. The Kier molecular flexibility index (Phi) is 7.84. The van der Waals surface area contributed by atoms with E-state index in [9.17, 15) is 14.4 Å². The Balaban J connectivity index is 1.74. The molecule has 9 nitrogen and oxygen atoms in total. The van der Waals surface area contributed by atoms with Gasteiger partial charge in [0.25, 0.3) is 11.8 Å². The van der Waals surface area contributed by atoms with E-state index >= 15 is 0 Å². The molecule has 10 heteroatoms. The fourth-order valence-corrected chi connectivity index (χ4v) is 5.28. The van der Waals surface area contributed by atoms with Crippen molar-refractivity contribution in [2.24, 2.45) is 5.73 Å². The van der Waals surface area contributed by atoms with Crippen molar-refractivity contribution in [3.63, 3.8) is 0 Å². The fourth-order valence-electron chi connectivity index (χ4n) is 4.53. The second-order valence-electron chi connectivity index (χ2n) is 8.67. The first kappa shape index (κ1) is 25.2. The molecule has 1 fully saturated rings. The number of nitrogens with one attached hydrogen (secondary N) is 1. The van der Waals surface area contributed by atoms with E-state index in [0.717, 1.165) is 42.8 Å². The lowest BCUT2D eigenvalue weighted by Gasteiger charge is -2.36. The van der Waals surface area contributed by atoms with Gasteiger partial charge in [0.15, 0.2) is 5.69 Å². The molecule has 1 saturated carbocycles. The van der Waals surface area contributed by atoms with Crippen LogP contribution in [0.1, 0.15) is 63.0 Å². The summed E-state index contributed by atoms with van der Waals surface area (Å²) >= 11 is 0.822. The maximum absolute atomic E-state index is 14.0. The van der Waals surface area contributed by atoms with Crippen LogP contribution in [-0.4, -0.2) is 40.1 Å². The van der Waals surface area contributed by atoms with E-state index in [1.54, 1.807) is 36.3 Å². The number of ether oxygens (including phenoxy) is 1. The smallest absolute Gasteiger partial charge is 0.270 e. The molecule has 5 N–H and O–H groups in total. The number of nitrogens with two attached hydrogens (primary N) is 2. The average molecular weight is 508 g/mol. The van der Waals surface area contributed by atoms with Gasteiger partial charge in [0.2, 0.25) is 5.91 Å². The van der Waals surface area contributed by atoms with E-state index in [2.05, 4.69) is 9.69 Å². The lowest BCUT2D eigenvalue weighted by Crippen LogP contribution is -2.48. The molecule has 3 aromatic rings. The van der Waals surface area contributed by atoms with Gasteiger partial charge >= 0.3 is 0 Å². The van der Waals surface area contributed by atoms with Crippen LogP contribution in [0.15, 0.2) is 54.6 Å². The Bertz CT molecular complexity index is 1220. The number of hydrogen-bond acceptors (Lipinski definition) is 7. The standard InChI is InChI=1S/C26H29N5O4S/c1-35-19-13-11-17(12-14-19)22(25(33)29-15-16-7-3-2-4-8-16)31(18-9-5-6-10-18)26(34)23-20(27)21(24(28)32)30-36-23/h2-4,7-8,11-14,18,22H,5-6,9-10,15,27H2,1H3,(H2,28,32)(H,29,33)/t22-/m1/s1. The van der Waals surface area contributed by atoms with Gasteiger partial charge in [-0.15, -0.1) is 0 Å². The highest BCUT2D eigenvalue weighted by Crippen LogP contribution is 2.36. The van der Waals surface area contributed by atoms with Gasteiger partial charge in [0.1, 0.15) is 16.7 Å². The highest BCUT2D eigenvalue weighted by molar-refractivity contribution is 7.09. The average Bonchev–Trinajstić information content (AvgIpc) is 3.56. The van der Waals surface area contributed by atoms with Gasteiger partial charge in [0, 0.05) is 12.6 Å². The molecule has 1 heterocycles. The van der Waals surface area contributed by atoms with Crippen molar-refractivity contribution in [3.05, 3.63) is 76.3 Å². The number of carbonyl (C=O) groups excluding carboxylic acids is 3. The topological polar surface area (TPSA) is 141 Å². The molecule has 3 amide bonds. The molecule has 0 bridgehead atoms. The molecule has 0 spiro atoms. The van der Waals surface area contributed by atoms with Gasteiger partial charge in [-0.3, -0.25) is 14.4 Å². The van der Waals surface area contributed by atoms with Crippen LogP contribution < -0.4 is 21.5 Å². The minimum atomic E-state index is -0.922. The van der Waals surface area contributed by atoms with Gasteiger partial charge in [0.05, 0.1) is 12.8 Å². The quantitative estimate of drug-likeness (QED) is 0.406. The molecule has 2 aromatic carbocycles. The number of primary amides is 1. The number of aromatic nitrogens is 1. The van der Waals surface area contributed by atoms with Crippen LogP contribution in [0.5, 0.6) is 5.75 Å². The van der Waals surface area contributed by atoms with Crippen LogP contribution in [0.3, 0.4) is 0 Å². The molecule has 1 atom stereocenters. The van der Waals surface area contributed by atoms with Crippen molar-refractivity contribution in [1.82, 2.24) is 14.6 Å². The predicted molar refractivity (Wildman–Crippen MR) is 137 cm³/mol. The maximum Gasteiger partial charge on any atom is 0.270 e. The number of nitrogen functional groups attached to an aromatic ring is 1. The number of rotatable bonds is 9. The summed E-state index contributed by atoms with van der Waals surface area (Å²) in [6.45, 7) is 0.313. The van der Waals surface area contributed by atoms with Crippen molar-refractivity contribution in [2.45, 2.75) is 44.3 Å². The first-order chi connectivity index (χ1) is 17.4. The van der Waals surface area contributed by atoms with Crippen molar-refractivity contribution in [1.29, 1.82) is 0 Å². The molecular formula is C26H29N5O4S. The van der Waals surface area contributed by atoms with E-state index in [1.807, 2.05) is 30.3 Å². The number of hydrogen-bond donors (Lipinski definition) is 3. The summed E-state index contributed by atoms with van der Waals surface area (Å²) in [6.07, 6.45) is 3.40. The zero-order valence-electron chi connectivity index (χ0n) is 20.0. The van der Waals surface area contributed by atoms with E-state index in [4.69, 9.17) is 16.2 Å². The van der Waals surface area contributed by atoms with E-state index in [0.29, 0.717) is 17.9 Å². The predicted octanol–water partition coefficient (Wildman–Crippen LogP) is 3.28. The van der Waals surface area contributed by atoms with Crippen molar-refractivity contribution >= 4 is 34.9 Å². The van der Waals surface area contributed by atoms with Crippen molar-refractivity contribution in [2.75, 3.05) is 12.8 Å². The summed E-state index contributed by atoms with van der Waals surface area (Å²) in [5.41, 5.74) is 12.9. The number of methoxy groups -OCH3 is 1. The number of carbonyl (C=O) groups is 3. The lowest BCUT2D eigenvalue weighted by molar-refractivity contribution is -0.126. The third kappa shape index (κ3) is 5.33. The molecule has 1 aliphatic carbocycles. The Labute approximate surface area is 213 Å². The van der Waals surface area contributed by atoms with Gasteiger partial charge in [-0.1, -0.05) is 55.3 Å². The largest absolute Gasteiger partial charge is 0.497 e. The Hall–Kier alpha value is -3.92. The summed E-state index contributed by atoms with van der Waals surface area (Å²) in [5, 5.41) is 2.99. The summed E-state index contributed by atoms with van der Waals surface area (Å²) in [5.74, 6) is -0.927. The third-order valence-corrected chi connectivity index (χ3v) is 7.23. The normalized spacial score (nSPS) is 14.2. The van der Waals surface area contributed by atoms with Crippen LogP contribution in [0, 0.1) is 0 Å². The Morgan fingerprint density at radius 3 is 2.36 bits per heavy atom. The number of nitrogens with zero attached hydrogens (tertiary/aromatic N) is 2. The molecule has 0 radical (unpaired) electrons. The molecule has 36 heavy (non-hydrogen) atoms. The van der Waals surface area contributed by atoms with Crippen LogP contribution in [0.2, 0.25) is 0 Å². The molecule has 188 valence electrons. The van der Waals surface area contributed by atoms with Crippen LogP contribution >= 0.6 is 11.5 Å².